The van der Waals surface area contributed by atoms with Crippen LogP contribution < -0.4 is 10.5 Å². The van der Waals surface area contributed by atoms with Crippen molar-refractivity contribution in [1.29, 1.82) is 0 Å². The van der Waals surface area contributed by atoms with Gasteiger partial charge in [-0.15, -0.1) is 0 Å². The van der Waals surface area contributed by atoms with Crippen molar-refractivity contribution in [2.24, 2.45) is 5.73 Å². The predicted octanol–water partition coefficient (Wildman–Crippen LogP) is 4.36. The average Bonchev–Trinajstić information content (AvgIpc) is 2.46. The summed E-state index contributed by atoms with van der Waals surface area (Å²) < 4.78 is 5.80. The molecule has 0 aromatic heterocycles. The summed E-state index contributed by atoms with van der Waals surface area (Å²) in [7, 11) is 0. The Labute approximate surface area is 142 Å². The highest BCUT2D eigenvalue weighted by Gasteiger charge is 2.22. The zero-order valence-corrected chi connectivity index (χ0v) is 15.7. The summed E-state index contributed by atoms with van der Waals surface area (Å²) in [4.78, 5) is 0. The molecule has 3 atom stereocenters. The van der Waals surface area contributed by atoms with Crippen LogP contribution in [0.2, 0.25) is 0 Å². The zero-order valence-electron chi connectivity index (χ0n) is 15.7. The topological polar surface area (TPSA) is 55.5 Å². The second-order valence-electron chi connectivity index (χ2n) is 7.59. The summed E-state index contributed by atoms with van der Waals surface area (Å²) in [5, 5.41) is 10.4. The lowest BCUT2D eigenvalue weighted by Gasteiger charge is -2.26. The van der Waals surface area contributed by atoms with E-state index in [1.165, 1.54) is 11.1 Å². The van der Waals surface area contributed by atoms with Crippen LogP contribution >= 0.6 is 0 Å². The van der Waals surface area contributed by atoms with Crippen molar-refractivity contribution in [3.05, 3.63) is 29.3 Å². The SMILES string of the molecule is CCCC(N)C(O)CC(C)c1cc(C(C)(C)C)ccc1OCC. The van der Waals surface area contributed by atoms with Crippen molar-refractivity contribution < 1.29 is 9.84 Å². The van der Waals surface area contributed by atoms with Gasteiger partial charge in [0.25, 0.3) is 0 Å². The molecule has 0 bridgehead atoms. The Hall–Kier alpha value is -1.06. The third-order valence-electron chi connectivity index (χ3n) is 4.42. The molecule has 0 radical (unpaired) electrons. The molecule has 0 spiro atoms. The van der Waals surface area contributed by atoms with Gasteiger partial charge in [-0.3, -0.25) is 0 Å². The fraction of sp³-hybridized carbons (Fsp3) is 0.700. The molecule has 3 N–H and O–H groups in total. The van der Waals surface area contributed by atoms with Crippen LogP contribution in [0, 0.1) is 0 Å². The molecule has 0 saturated carbocycles. The van der Waals surface area contributed by atoms with Crippen LogP contribution in [0.1, 0.15) is 77.8 Å². The Balaban J connectivity index is 3.02. The highest BCUT2D eigenvalue weighted by Crippen LogP contribution is 2.34. The van der Waals surface area contributed by atoms with E-state index in [0.717, 1.165) is 18.6 Å². The monoisotopic (exact) mass is 321 g/mol. The zero-order chi connectivity index (χ0) is 17.6. The first kappa shape index (κ1) is 20.0. The molecule has 0 heterocycles. The van der Waals surface area contributed by atoms with E-state index in [2.05, 4.69) is 52.8 Å². The molecule has 1 rings (SSSR count). The van der Waals surface area contributed by atoms with Gasteiger partial charge in [0.15, 0.2) is 0 Å². The number of hydrogen-bond donors (Lipinski definition) is 2. The van der Waals surface area contributed by atoms with E-state index in [4.69, 9.17) is 10.5 Å². The second kappa shape index (κ2) is 8.70. The fourth-order valence-corrected chi connectivity index (χ4v) is 2.88. The Morgan fingerprint density at radius 1 is 1.22 bits per heavy atom. The highest BCUT2D eigenvalue weighted by atomic mass is 16.5. The van der Waals surface area contributed by atoms with E-state index >= 15 is 0 Å². The second-order valence-corrected chi connectivity index (χ2v) is 7.59. The van der Waals surface area contributed by atoms with Crippen molar-refractivity contribution in [2.75, 3.05) is 6.61 Å². The average molecular weight is 322 g/mol. The largest absolute Gasteiger partial charge is 0.494 e. The lowest BCUT2D eigenvalue weighted by molar-refractivity contribution is 0.123. The summed E-state index contributed by atoms with van der Waals surface area (Å²) in [6.45, 7) is 13.5. The van der Waals surface area contributed by atoms with Gasteiger partial charge in [0.1, 0.15) is 5.75 Å². The van der Waals surface area contributed by atoms with Crippen LogP contribution in [0.25, 0.3) is 0 Å². The molecular weight excluding hydrogens is 286 g/mol. The van der Waals surface area contributed by atoms with Gasteiger partial charge in [-0.2, -0.15) is 0 Å². The van der Waals surface area contributed by atoms with Crippen LogP contribution in [-0.2, 0) is 5.41 Å². The van der Waals surface area contributed by atoms with Crippen molar-refractivity contribution in [1.82, 2.24) is 0 Å². The van der Waals surface area contributed by atoms with Crippen LogP contribution in [-0.4, -0.2) is 23.9 Å². The van der Waals surface area contributed by atoms with Gasteiger partial charge >= 0.3 is 0 Å². The predicted molar refractivity (Wildman–Crippen MR) is 98.2 cm³/mol. The van der Waals surface area contributed by atoms with Crippen LogP contribution in [0.5, 0.6) is 5.75 Å². The molecule has 0 aliphatic heterocycles. The first-order valence-electron chi connectivity index (χ1n) is 8.91. The summed E-state index contributed by atoms with van der Waals surface area (Å²) in [5.41, 5.74) is 8.62. The fourth-order valence-electron chi connectivity index (χ4n) is 2.88. The molecule has 0 aliphatic carbocycles. The van der Waals surface area contributed by atoms with Crippen molar-refractivity contribution in [3.8, 4) is 5.75 Å². The lowest BCUT2D eigenvalue weighted by Crippen LogP contribution is -2.35. The van der Waals surface area contributed by atoms with Crippen molar-refractivity contribution in [3.63, 3.8) is 0 Å². The molecule has 0 amide bonds. The minimum Gasteiger partial charge on any atom is -0.494 e. The quantitative estimate of drug-likeness (QED) is 0.748. The molecule has 3 unspecified atom stereocenters. The highest BCUT2D eigenvalue weighted by molar-refractivity contribution is 5.41. The number of benzene rings is 1. The molecule has 0 saturated heterocycles. The maximum Gasteiger partial charge on any atom is 0.122 e. The van der Waals surface area contributed by atoms with E-state index in [-0.39, 0.29) is 17.4 Å². The number of hydrogen-bond acceptors (Lipinski definition) is 3. The Morgan fingerprint density at radius 2 is 1.87 bits per heavy atom. The molecule has 0 fully saturated rings. The van der Waals surface area contributed by atoms with E-state index in [9.17, 15) is 5.11 Å². The Kier molecular flexibility index (Phi) is 7.56. The van der Waals surface area contributed by atoms with Crippen LogP contribution in [0.4, 0.5) is 0 Å². The van der Waals surface area contributed by atoms with E-state index in [1.807, 2.05) is 6.92 Å². The molecule has 3 nitrogen and oxygen atoms in total. The third-order valence-corrected chi connectivity index (χ3v) is 4.42. The number of aliphatic hydroxyl groups excluding tert-OH is 1. The minimum atomic E-state index is -0.474. The first-order chi connectivity index (χ1) is 10.7. The van der Waals surface area contributed by atoms with Crippen molar-refractivity contribution in [2.45, 2.75) is 84.3 Å². The van der Waals surface area contributed by atoms with Gasteiger partial charge in [0, 0.05) is 6.04 Å². The van der Waals surface area contributed by atoms with Crippen molar-refractivity contribution >= 4 is 0 Å². The molecule has 3 heteroatoms. The lowest BCUT2D eigenvalue weighted by atomic mass is 9.83. The smallest absolute Gasteiger partial charge is 0.122 e. The number of nitrogens with two attached hydrogens (primary N) is 1. The molecule has 0 aliphatic rings. The number of ether oxygens (including phenoxy) is 1. The van der Waals surface area contributed by atoms with E-state index < -0.39 is 6.10 Å². The van der Waals surface area contributed by atoms with Gasteiger partial charge in [0.05, 0.1) is 12.7 Å². The first-order valence-corrected chi connectivity index (χ1v) is 8.91. The van der Waals surface area contributed by atoms with Gasteiger partial charge in [0.2, 0.25) is 0 Å². The van der Waals surface area contributed by atoms with Gasteiger partial charge in [-0.05, 0) is 48.3 Å². The van der Waals surface area contributed by atoms with E-state index in [1.54, 1.807) is 0 Å². The number of rotatable bonds is 8. The summed E-state index contributed by atoms with van der Waals surface area (Å²) in [5.74, 6) is 1.13. The standard InChI is InChI=1S/C20H35NO2/c1-7-9-17(21)18(22)12-14(3)16-13-15(20(4,5)6)10-11-19(16)23-8-2/h10-11,13-14,17-18,22H,7-9,12,21H2,1-6H3. The normalized spacial score (nSPS) is 16.0. The summed E-state index contributed by atoms with van der Waals surface area (Å²) in [6.07, 6.45) is 2.04. The number of aliphatic hydroxyl groups is 1. The molecule has 1 aromatic carbocycles. The Morgan fingerprint density at radius 3 is 2.39 bits per heavy atom. The third kappa shape index (κ3) is 5.82. The summed E-state index contributed by atoms with van der Waals surface area (Å²) in [6, 6.07) is 6.28. The maximum absolute atomic E-state index is 10.4. The maximum atomic E-state index is 10.4. The van der Waals surface area contributed by atoms with Crippen LogP contribution in [0.3, 0.4) is 0 Å². The van der Waals surface area contributed by atoms with Gasteiger partial charge in [-0.1, -0.05) is 53.2 Å². The summed E-state index contributed by atoms with van der Waals surface area (Å²) >= 11 is 0. The van der Waals surface area contributed by atoms with E-state index in [0.29, 0.717) is 13.0 Å². The Bertz CT molecular complexity index is 479. The minimum absolute atomic E-state index is 0.0937. The molecule has 23 heavy (non-hydrogen) atoms. The molecule has 1 aromatic rings. The molecular formula is C20H35NO2. The van der Waals surface area contributed by atoms with Gasteiger partial charge in [-0.25, -0.2) is 0 Å². The van der Waals surface area contributed by atoms with Gasteiger partial charge < -0.3 is 15.6 Å². The molecule has 132 valence electrons. The van der Waals surface area contributed by atoms with Crippen LogP contribution in [0.15, 0.2) is 18.2 Å².